The highest BCUT2D eigenvalue weighted by Gasteiger charge is 2.40. The van der Waals surface area contributed by atoms with E-state index in [1.807, 2.05) is 19.1 Å². The second-order valence-electron chi connectivity index (χ2n) is 3.77. The van der Waals surface area contributed by atoms with Crippen LogP contribution < -0.4 is 4.74 Å². The van der Waals surface area contributed by atoms with Gasteiger partial charge in [0.1, 0.15) is 6.29 Å². The van der Waals surface area contributed by atoms with Crippen LogP contribution in [0, 0.1) is 5.92 Å². The average molecular weight is 206 g/mol. The molecular formula is C12H14O3. The van der Waals surface area contributed by atoms with Gasteiger partial charge in [0, 0.05) is 11.5 Å². The van der Waals surface area contributed by atoms with Crippen molar-refractivity contribution in [3.63, 3.8) is 0 Å². The van der Waals surface area contributed by atoms with E-state index in [2.05, 4.69) is 0 Å². The highest BCUT2D eigenvalue weighted by atomic mass is 16.5. The third kappa shape index (κ3) is 1.82. The van der Waals surface area contributed by atoms with Crippen molar-refractivity contribution in [2.24, 2.45) is 5.92 Å². The number of para-hydroxylation sites is 1. The molecule has 0 spiro atoms. The third-order valence-corrected chi connectivity index (χ3v) is 2.74. The molecule has 1 fully saturated rings. The summed E-state index contributed by atoms with van der Waals surface area (Å²) in [5.74, 6) is 0.955. The van der Waals surface area contributed by atoms with Crippen LogP contribution in [-0.2, 0) is 4.79 Å². The van der Waals surface area contributed by atoms with Gasteiger partial charge in [-0.25, -0.2) is 0 Å². The number of aromatic hydroxyl groups is 1. The lowest BCUT2D eigenvalue weighted by atomic mass is 10.1. The topological polar surface area (TPSA) is 46.5 Å². The van der Waals surface area contributed by atoms with E-state index >= 15 is 0 Å². The van der Waals surface area contributed by atoms with Gasteiger partial charge < -0.3 is 14.6 Å². The number of carbonyl (C=O) groups excluding carboxylic acids is 1. The molecular weight excluding hydrogens is 192 g/mol. The first kappa shape index (κ1) is 10.0. The fraction of sp³-hybridized carbons (Fsp3) is 0.417. The first-order valence-electron chi connectivity index (χ1n) is 5.18. The summed E-state index contributed by atoms with van der Waals surface area (Å²) in [7, 11) is 0. The summed E-state index contributed by atoms with van der Waals surface area (Å²) in [6.45, 7) is 2.40. The number of benzene rings is 1. The maximum absolute atomic E-state index is 10.6. The molecule has 0 radical (unpaired) electrons. The smallest absolute Gasteiger partial charge is 0.161 e. The van der Waals surface area contributed by atoms with Crippen LogP contribution in [0.25, 0.3) is 0 Å². The highest BCUT2D eigenvalue weighted by molar-refractivity contribution is 5.63. The molecule has 1 saturated carbocycles. The summed E-state index contributed by atoms with van der Waals surface area (Å²) in [4.78, 5) is 10.6. The lowest BCUT2D eigenvalue weighted by Crippen LogP contribution is -1.94. The number of phenols is 1. The van der Waals surface area contributed by atoms with Crippen LogP contribution in [0.15, 0.2) is 18.2 Å². The average Bonchev–Trinajstić information content (AvgIpc) is 3.00. The minimum Gasteiger partial charge on any atom is -0.504 e. The molecule has 80 valence electrons. The molecule has 1 aliphatic carbocycles. The number of hydrogen-bond acceptors (Lipinski definition) is 3. The van der Waals surface area contributed by atoms with Gasteiger partial charge in [-0.3, -0.25) is 0 Å². The van der Waals surface area contributed by atoms with Gasteiger partial charge in [-0.2, -0.15) is 0 Å². The number of rotatable bonds is 4. The van der Waals surface area contributed by atoms with Gasteiger partial charge in [0.2, 0.25) is 0 Å². The zero-order chi connectivity index (χ0) is 10.8. The van der Waals surface area contributed by atoms with Gasteiger partial charge in [-0.05, 0) is 25.3 Å². The van der Waals surface area contributed by atoms with E-state index in [-0.39, 0.29) is 17.6 Å². The van der Waals surface area contributed by atoms with E-state index in [0.29, 0.717) is 12.4 Å². The molecule has 2 unspecified atom stereocenters. The minimum atomic E-state index is 0.0766. The molecule has 1 aromatic carbocycles. The third-order valence-electron chi connectivity index (χ3n) is 2.74. The molecule has 0 heterocycles. The van der Waals surface area contributed by atoms with Gasteiger partial charge in [-0.1, -0.05) is 12.1 Å². The molecule has 3 heteroatoms. The van der Waals surface area contributed by atoms with Gasteiger partial charge >= 0.3 is 0 Å². The molecule has 0 aromatic heterocycles. The Morgan fingerprint density at radius 1 is 1.60 bits per heavy atom. The summed E-state index contributed by atoms with van der Waals surface area (Å²) in [6.07, 6.45) is 1.80. The summed E-state index contributed by atoms with van der Waals surface area (Å²) in [5.41, 5.74) is 0.832. The highest BCUT2D eigenvalue weighted by Crippen LogP contribution is 2.50. The van der Waals surface area contributed by atoms with Crippen LogP contribution in [0.5, 0.6) is 11.5 Å². The van der Waals surface area contributed by atoms with E-state index in [0.717, 1.165) is 18.3 Å². The minimum absolute atomic E-state index is 0.0766. The maximum Gasteiger partial charge on any atom is 0.161 e. The van der Waals surface area contributed by atoms with Gasteiger partial charge in [0.25, 0.3) is 0 Å². The fourth-order valence-corrected chi connectivity index (χ4v) is 1.83. The first-order chi connectivity index (χ1) is 7.27. The quantitative estimate of drug-likeness (QED) is 0.767. The molecule has 0 amide bonds. The Bertz CT molecular complexity index is 373. The maximum atomic E-state index is 10.6. The number of phenolic OH excluding ortho intramolecular Hbond substituents is 1. The molecule has 2 atom stereocenters. The molecule has 0 aliphatic heterocycles. The van der Waals surface area contributed by atoms with Crippen LogP contribution in [0.4, 0.5) is 0 Å². The Balaban J connectivity index is 2.25. The van der Waals surface area contributed by atoms with Crippen LogP contribution in [0.3, 0.4) is 0 Å². The first-order valence-corrected chi connectivity index (χ1v) is 5.18. The summed E-state index contributed by atoms with van der Waals surface area (Å²) in [5, 5.41) is 9.90. The predicted octanol–water partition coefficient (Wildman–Crippen LogP) is 2.09. The van der Waals surface area contributed by atoms with Gasteiger partial charge in [0.05, 0.1) is 6.61 Å². The van der Waals surface area contributed by atoms with Crippen molar-refractivity contribution in [1.29, 1.82) is 0 Å². The summed E-state index contributed by atoms with van der Waals surface area (Å²) < 4.78 is 5.29. The zero-order valence-electron chi connectivity index (χ0n) is 8.64. The van der Waals surface area contributed by atoms with E-state index in [1.165, 1.54) is 0 Å². The van der Waals surface area contributed by atoms with Crippen molar-refractivity contribution in [3.8, 4) is 11.5 Å². The standard InChI is InChI=1S/C12H14O3/c1-2-15-11-5-3-4-9(12(11)14)10-6-8(10)7-13/h3-5,7-8,10,14H,2,6H2,1H3. The second kappa shape index (κ2) is 3.93. The molecule has 1 aromatic rings. The molecule has 15 heavy (non-hydrogen) atoms. The summed E-state index contributed by atoms with van der Waals surface area (Å²) in [6, 6.07) is 5.44. The molecule has 2 rings (SSSR count). The Kier molecular flexibility index (Phi) is 2.62. The van der Waals surface area contributed by atoms with E-state index in [9.17, 15) is 9.90 Å². The van der Waals surface area contributed by atoms with Crippen LogP contribution in [0.1, 0.15) is 24.8 Å². The number of carbonyl (C=O) groups is 1. The number of hydrogen-bond donors (Lipinski definition) is 1. The molecule has 3 nitrogen and oxygen atoms in total. The molecule has 1 aliphatic rings. The zero-order valence-corrected chi connectivity index (χ0v) is 8.64. The van der Waals surface area contributed by atoms with Crippen LogP contribution >= 0.6 is 0 Å². The van der Waals surface area contributed by atoms with E-state index < -0.39 is 0 Å². The monoisotopic (exact) mass is 206 g/mol. The number of aldehydes is 1. The van der Waals surface area contributed by atoms with Crippen molar-refractivity contribution in [1.82, 2.24) is 0 Å². The molecule has 0 bridgehead atoms. The largest absolute Gasteiger partial charge is 0.504 e. The van der Waals surface area contributed by atoms with Crippen LogP contribution in [0.2, 0.25) is 0 Å². The number of ether oxygens (including phenoxy) is 1. The Hall–Kier alpha value is -1.51. The second-order valence-corrected chi connectivity index (χ2v) is 3.77. The van der Waals surface area contributed by atoms with Crippen molar-refractivity contribution >= 4 is 6.29 Å². The van der Waals surface area contributed by atoms with Gasteiger partial charge in [0.15, 0.2) is 11.5 Å². The predicted molar refractivity (Wildman–Crippen MR) is 56.2 cm³/mol. The van der Waals surface area contributed by atoms with Crippen molar-refractivity contribution in [2.75, 3.05) is 6.61 Å². The Morgan fingerprint density at radius 3 is 3.00 bits per heavy atom. The normalized spacial score (nSPS) is 23.5. The van der Waals surface area contributed by atoms with Crippen LogP contribution in [-0.4, -0.2) is 18.0 Å². The SMILES string of the molecule is CCOc1cccc(C2CC2C=O)c1O. The van der Waals surface area contributed by atoms with Gasteiger partial charge in [-0.15, -0.1) is 0 Å². The van der Waals surface area contributed by atoms with Crippen molar-refractivity contribution < 1.29 is 14.6 Å². The Labute approximate surface area is 88.7 Å². The van der Waals surface area contributed by atoms with E-state index in [1.54, 1.807) is 6.07 Å². The molecule has 1 N–H and O–H groups in total. The fourth-order valence-electron chi connectivity index (χ4n) is 1.83. The van der Waals surface area contributed by atoms with Crippen molar-refractivity contribution in [3.05, 3.63) is 23.8 Å². The summed E-state index contributed by atoms with van der Waals surface area (Å²) >= 11 is 0. The van der Waals surface area contributed by atoms with Crippen molar-refractivity contribution in [2.45, 2.75) is 19.3 Å². The van der Waals surface area contributed by atoms with E-state index in [4.69, 9.17) is 4.74 Å². The lowest BCUT2D eigenvalue weighted by molar-refractivity contribution is -0.108. The Morgan fingerprint density at radius 2 is 2.40 bits per heavy atom. The lowest BCUT2D eigenvalue weighted by Gasteiger charge is -2.09. The molecule has 0 saturated heterocycles.